The second kappa shape index (κ2) is 4.94. The molecule has 0 aliphatic heterocycles. The normalized spacial score (nSPS) is 11.1. The molecule has 2 heterocycles. The van der Waals surface area contributed by atoms with Gasteiger partial charge in [0.1, 0.15) is 5.82 Å². The van der Waals surface area contributed by atoms with Crippen molar-refractivity contribution in [2.45, 2.75) is 5.92 Å². The van der Waals surface area contributed by atoms with E-state index in [1.807, 2.05) is 36.7 Å². The van der Waals surface area contributed by atoms with Crippen LogP contribution in [0.3, 0.4) is 0 Å². The molecule has 0 amide bonds. The average Bonchev–Trinajstić information content (AvgIpc) is 3.07. The van der Waals surface area contributed by atoms with Gasteiger partial charge in [0.15, 0.2) is 0 Å². The second-order valence-corrected chi connectivity index (χ2v) is 4.79. The number of benzene rings is 1. The molecule has 0 fully saturated rings. The Morgan fingerprint density at radius 2 is 1.58 bits per heavy atom. The maximum absolute atomic E-state index is 14.1. The van der Waals surface area contributed by atoms with Crippen LogP contribution in [0.2, 0.25) is 5.02 Å². The maximum Gasteiger partial charge on any atom is 0.127 e. The van der Waals surface area contributed by atoms with E-state index in [9.17, 15) is 4.39 Å². The molecule has 3 rings (SSSR count). The van der Waals surface area contributed by atoms with Crippen molar-refractivity contribution >= 4 is 11.6 Å². The highest BCUT2D eigenvalue weighted by Crippen LogP contribution is 2.32. The summed E-state index contributed by atoms with van der Waals surface area (Å²) in [7, 11) is 0. The van der Waals surface area contributed by atoms with Crippen molar-refractivity contribution in [1.82, 2.24) is 9.97 Å². The van der Waals surface area contributed by atoms with E-state index in [1.165, 1.54) is 6.07 Å². The Bertz CT molecular complexity index is 625. The molecule has 2 nitrogen and oxygen atoms in total. The molecule has 0 atom stereocenters. The molecule has 0 radical (unpaired) electrons. The zero-order chi connectivity index (χ0) is 13.2. The van der Waals surface area contributed by atoms with Crippen LogP contribution in [-0.2, 0) is 0 Å². The average molecular weight is 275 g/mol. The lowest BCUT2D eigenvalue weighted by Crippen LogP contribution is -2.06. The Hall–Kier alpha value is -2.00. The molecule has 0 saturated carbocycles. The van der Waals surface area contributed by atoms with E-state index in [-0.39, 0.29) is 11.7 Å². The predicted octanol–water partition coefficient (Wildman–Crippen LogP) is 4.32. The molecule has 3 aromatic rings. The minimum atomic E-state index is -0.265. The van der Waals surface area contributed by atoms with Gasteiger partial charge in [-0.1, -0.05) is 11.6 Å². The fourth-order valence-electron chi connectivity index (χ4n) is 2.29. The van der Waals surface area contributed by atoms with Crippen LogP contribution in [0.1, 0.15) is 22.9 Å². The molecule has 2 aromatic heterocycles. The molecule has 0 spiro atoms. The minimum Gasteiger partial charge on any atom is -0.364 e. The number of rotatable bonds is 3. The Kier molecular flexibility index (Phi) is 3.13. The van der Waals surface area contributed by atoms with Crippen molar-refractivity contribution < 1.29 is 4.39 Å². The van der Waals surface area contributed by atoms with Crippen LogP contribution in [0.5, 0.6) is 0 Å². The van der Waals surface area contributed by atoms with Crippen LogP contribution in [0.15, 0.2) is 54.9 Å². The summed E-state index contributed by atoms with van der Waals surface area (Å²) < 4.78 is 14.1. The number of hydrogen-bond donors (Lipinski definition) is 2. The molecule has 4 heteroatoms. The minimum absolute atomic E-state index is 0.219. The first-order valence-electron chi connectivity index (χ1n) is 5.97. The Labute approximate surface area is 115 Å². The standard InChI is InChI=1S/C15H12ClFN2/c16-10-5-6-12(17)11(9-10)15(13-3-1-7-18-13)14-4-2-8-19-14/h1-9,15,18-19H. The van der Waals surface area contributed by atoms with Gasteiger partial charge in [0.2, 0.25) is 0 Å². The van der Waals surface area contributed by atoms with Crippen molar-refractivity contribution in [3.05, 3.63) is 82.6 Å². The summed E-state index contributed by atoms with van der Waals surface area (Å²) in [5.74, 6) is -0.484. The summed E-state index contributed by atoms with van der Waals surface area (Å²) >= 11 is 6.00. The van der Waals surface area contributed by atoms with Gasteiger partial charge in [-0.05, 0) is 42.5 Å². The van der Waals surface area contributed by atoms with E-state index in [1.54, 1.807) is 12.1 Å². The number of hydrogen-bond acceptors (Lipinski definition) is 0. The lowest BCUT2D eigenvalue weighted by atomic mass is 9.92. The van der Waals surface area contributed by atoms with Gasteiger partial charge in [-0.25, -0.2) is 4.39 Å². The van der Waals surface area contributed by atoms with Gasteiger partial charge in [-0.2, -0.15) is 0 Å². The van der Waals surface area contributed by atoms with Crippen LogP contribution in [0, 0.1) is 5.82 Å². The zero-order valence-corrected chi connectivity index (χ0v) is 10.8. The molecule has 1 aromatic carbocycles. The SMILES string of the molecule is Fc1ccc(Cl)cc1C(c1ccc[nH]1)c1ccc[nH]1. The van der Waals surface area contributed by atoms with E-state index in [0.717, 1.165) is 11.4 Å². The largest absolute Gasteiger partial charge is 0.364 e. The number of halogens is 2. The smallest absolute Gasteiger partial charge is 0.127 e. The quantitative estimate of drug-likeness (QED) is 0.713. The van der Waals surface area contributed by atoms with Crippen molar-refractivity contribution in [2.24, 2.45) is 0 Å². The topological polar surface area (TPSA) is 31.6 Å². The Morgan fingerprint density at radius 1 is 0.947 bits per heavy atom. The molecule has 2 N–H and O–H groups in total. The highest BCUT2D eigenvalue weighted by molar-refractivity contribution is 6.30. The Morgan fingerprint density at radius 3 is 2.11 bits per heavy atom. The number of aromatic amines is 2. The first-order chi connectivity index (χ1) is 9.25. The molecule has 0 aliphatic rings. The van der Waals surface area contributed by atoms with E-state index >= 15 is 0 Å². The third-order valence-corrected chi connectivity index (χ3v) is 3.37. The molecule has 0 bridgehead atoms. The first-order valence-corrected chi connectivity index (χ1v) is 6.35. The highest BCUT2D eigenvalue weighted by atomic mass is 35.5. The van der Waals surface area contributed by atoms with Gasteiger partial charge in [-0.15, -0.1) is 0 Å². The van der Waals surface area contributed by atoms with Gasteiger partial charge in [-0.3, -0.25) is 0 Å². The lowest BCUT2D eigenvalue weighted by Gasteiger charge is -2.16. The zero-order valence-electron chi connectivity index (χ0n) is 10.0. The lowest BCUT2D eigenvalue weighted by molar-refractivity contribution is 0.604. The van der Waals surface area contributed by atoms with Crippen molar-refractivity contribution in [2.75, 3.05) is 0 Å². The van der Waals surface area contributed by atoms with Crippen LogP contribution >= 0.6 is 11.6 Å². The van der Waals surface area contributed by atoms with E-state index in [0.29, 0.717) is 10.6 Å². The third-order valence-electron chi connectivity index (χ3n) is 3.14. The molecule has 96 valence electrons. The van der Waals surface area contributed by atoms with E-state index in [4.69, 9.17) is 11.6 Å². The molecule has 19 heavy (non-hydrogen) atoms. The van der Waals surface area contributed by atoms with Crippen molar-refractivity contribution in [3.63, 3.8) is 0 Å². The summed E-state index contributed by atoms with van der Waals surface area (Å²) in [6.45, 7) is 0. The summed E-state index contributed by atoms with van der Waals surface area (Å²) in [5, 5.41) is 0.527. The second-order valence-electron chi connectivity index (χ2n) is 4.35. The van der Waals surface area contributed by atoms with Crippen molar-refractivity contribution in [1.29, 1.82) is 0 Å². The Balaban J connectivity index is 2.17. The summed E-state index contributed by atoms with van der Waals surface area (Å²) in [5.41, 5.74) is 2.39. The number of nitrogens with one attached hydrogen (secondary N) is 2. The fourth-order valence-corrected chi connectivity index (χ4v) is 2.47. The van der Waals surface area contributed by atoms with Crippen LogP contribution in [-0.4, -0.2) is 9.97 Å². The van der Waals surface area contributed by atoms with Gasteiger partial charge in [0, 0.05) is 34.4 Å². The summed E-state index contributed by atoms with van der Waals surface area (Å²) in [4.78, 5) is 6.28. The monoisotopic (exact) mass is 274 g/mol. The molecule has 0 aliphatic carbocycles. The van der Waals surface area contributed by atoms with Gasteiger partial charge >= 0.3 is 0 Å². The number of aromatic nitrogens is 2. The maximum atomic E-state index is 14.1. The number of H-pyrrole nitrogens is 2. The predicted molar refractivity (Wildman–Crippen MR) is 73.9 cm³/mol. The van der Waals surface area contributed by atoms with Crippen molar-refractivity contribution in [3.8, 4) is 0 Å². The van der Waals surface area contributed by atoms with Gasteiger partial charge in [0.05, 0.1) is 5.92 Å². The highest BCUT2D eigenvalue weighted by Gasteiger charge is 2.21. The van der Waals surface area contributed by atoms with Crippen LogP contribution < -0.4 is 0 Å². The van der Waals surface area contributed by atoms with Gasteiger partial charge in [0.25, 0.3) is 0 Å². The summed E-state index contributed by atoms with van der Waals surface area (Å²) in [6, 6.07) is 12.3. The first kappa shape index (κ1) is 12.1. The van der Waals surface area contributed by atoms with Gasteiger partial charge < -0.3 is 9.97 Å². The van der Waals surface area contributed by atoms with Crippen LogP contribution in [0.4, 0.5) is 4.39 Å². The van der Waals surface area contributed by atoms with E-state index < -0.39 is 0 Å². The van der Waals surface area contributed by atoms with Crippen LogP contribution in [0.25, 0.3) is 0 Å². The molecular weight excluding hydrogens is 263 g/mol. The summed E-state index contributed by atoms with van der Waals surface area (Å²) in [6.07, 6.45) is 3.65. The molecular formula is C15H12ClFN2. The molecule has 0 unspecified atom stereocenters. The van der Waals surface area contributed by atoms with E-state index in [2.05, 4.69) is 9.97 Å². The third kappa shape index (κ3) is 2.29. The fraction of sp³-hybridized carbons (Fsp3) is 0.0667. The molecule has 0 saturated heterocycles.